The molecule has 7 heteroatoms. The molecule has 1 aromatic carbocycles. The summed E-state index contributed by atoms with van der Waals surface area (Å²) in [5, 5.41) is 11.5. The average molecular weight is 259 g/mol. The number of amides is 1. The fourth-order valence-electron chi connectivity index (χ4n) is 2.87. The van der Waals surface area contributed by atoms with E-state index in [0.29, 0.717) is 30.0 Å². The number of carbonyl (C=O) groups is 1. The highest BCUT2D eigenvalue weighted by atomic mass is 19.1. The third-order valence-corrected chi connectivity index (χ3v) is 3.70. The first-order valence-electron chi connectivity index (χ1n) is 6.13. The van der Waals surface area contributed by atoms with Crippen LogP contribution >= 0.6 is 0 Å². The highest BCUT2D eigenvalue weighted by molar-refractivity contribution is 5.98. The lowest BCUT2D eigenvalue weighted by atomic mass is 10.1. The van der Waals surface area contributed by atoms with Crippen molar-refractivity contribution >= 4 is 11.6 Å². The zero-order chi connectivity index (χ0) is 13.0. The maximum absolute atomic E-state index is 13.5. The van der Waals surface area contributed by atoms with E-state index in [1.807, 2.05) is 0 Å². The predicted molar refractivity (Wildman–Crippen MR) is 63.3 cm³/mol. The predicted octanol–water partition coefficient (Wildman–Crippen LogP) is 0.853. The van der Waals surface area contributed by atoms with Crippen molar-refractivity contribution in [2.75, 3.05) is 4.90 Å². The third-order valence-electron chi connectivity index (χ3n) is 3.70. The van der Waals surface area contributed by atoms with E-state index in [9.17, 15) is 9.18 Å². The summed E-state index contributed by atoms with van der Waals surface area (Å²) in [6.45, 7) is 0. The highest BCUT2D eigenvalue weighted by Gasteiger charge is 2.37. The Morgan fingerprint density at radius 3 is 3.11 bits per heavy atom. The second-order valence-electron chi connectivity index (χ2n) is 4.80. The minimum atomic E-state index is -0.370. The molecule has 1 fully saturated rings. The Balaban J connectivity index is 2.01. The standard InChI is InChI=1S/C12H10FN5O/c13-7-1-3-9-10(5-7)18-11(14-15-16-18)6-8-2-4-12(19)17(8)9/h1,3,5,8H,2,4,6H2/t8-/m0/s1. The third kappa shape index (κ3) is 1.41. The first-order chi connectivity index (χ1) is 9.24. The van der Waals surface area contributed by atoms with Gasteiger partial charge in [0.05, 0.1) is 11.4 Å². The van der Waals surface area contributed by atoms with Crippen molar-refractivity contribution in [1.82, 2.24) is 20.2 Å². The smallest absolute Gasteiger partial charge is 0.227 e. The van der Waals surface area contributed by atoms with Gasteiger partial charge >= 0.3 is 0 Å². The lowest BCUT2D eigenvalue weighted by Gasteiger charge is -2.23. The lowest BCUT2D eigenvalue weighted by molar-refractivity contribution is -0.117. The molecule has 1 amide bonds. The van der Waals surface area contributed by atoms with Crippen LogP contribution in [0.25, 0.3) is 5.69 Å². The summed E-state index contributed by atoms with van der Waals surface area (Å²) in [5.74, 6) is 0.357. The van der Waals surface area contributed by atoms with Crippen LogP contribution < -0.4 is 4.90 Å². The van der Waals surface area contributed by atoms with Crippen LogP contribution in [0.15, 0.2) is 18.2 Å². The molecule has 0 N–H and O–H groups in total. The Kier molecular flexibility index (Phi) is 2.01. The summed E-state index contributed by atoms with van der Waals surface area (Å²) < 4.78 is 15.0. The number of carbonyl (C=O) groups excluding carboxylic acids is 1. The van der Waals surface area contributed by atoms with Gasteiger partial charge in [0.1, 0.15) is 5.82 Å². The van der Waals surface area contributed by atoms with Crippen LogP contribution in [0.4, 0.5) is 10.1 Å². The van der Waals surface area contributed by atoms with E-state index < -0.39 is 0 Å². The Hall–Kier alpha value is -2.31. The molecule has 2 aliphatic heterocycles. The van der Waals surface area contributed by atoms with E-state index in [4.69, 9.17) is 0 Å². The number of halogens is 1. The molecule has 1 saturated heterocycles. The summed E-state index contributed by atoms with van der Waals surface area (Å²) in [6.07, 6.45) is 1.89. The Morgan fingerprint density at radius 1 is 1.32 bits per heavy atom. The van der Waals surface area contributed by atoms with Gasteiger partial charge in [0, 0.05) is 24.9 Å². The van der Waals surface area contributed by atoms with Crippen molar-refractivity contribution in [3.63, 3.8) is 0 Å². The molecular formula is C12H10FN5O. The van der Waals surface area contributed by atoms with Gasteiger partial charge in [-0.05, 0) is 29.0 Å². The van der Waals surface area contributed by atoms with E-state index in [1.54, 1.807) is 11.0 Å². The van der Waals surface area contributed by atoms with Crippen molar-refractivity contribution in [3.8, 4) is 5.69 Å². The van der Waals surface area contributed by atoms with Crippen molar-refractivity contribution in [3.05, 3.63) is 29.8 Å². The zero-order valence-corrected chi connectivity index (χ0v) is 9.95. The van der Waals surface area contributed by atoms with Crippen LogP contribution in [-0.2, 0) is 11.2 Å². The van der Waals surface area contributed by atoms with Gasteiger partial charge in [-0.25, -0.2) is 4.39 Å². The fraction of sp³-hybridized carbons (Fsp3) is 0.333. The van der Waals surface area contributed by atoms with Crippen molar-refractivity contribution in [1.29, 1.82) is 0 Å². The number of benzene rings is 1. The number of hydrogen-bond donors (Lipinski definition) is 0. The number of nitrogens with zero attached hydrogens (tertiary/aromatic N) is 5. The van der Waals surface area contributed by atoms with Crippen LogP contribution in [-0.4, -0.2) is 32.2 Å². The SMILES string of the molecule is O=C1CC[C@H]2Cc3nnnn3-c3cc(F)ccc3N12. The molecule has 4 rings (SSSR count). The molecule has 19 heavy (non-hydrogen) atoms. The molecule has 96 valence electrons. The largest absolute Gasteiger partial charge is 0.307 e. The molecule has 3 heterocycles. The Bertz CT molecular complexity index is 683. The molecule has 6 nitrogen and oxygen atoms in total. The van der Waals surface area contributed by atoms with E-state index in [2.05, 4.69) is 15.5 Å². The summed E-state index contributed by atoms with van der Waals surface area (Å²) in [6, 6.07) is 4.40. The van der Waals surface area contributed by atoms with Gasteiger partial charge in [0.15, 0.2) is 5.82 Å². The summed E-state index contributed by atoms with van der Waals surface area (Å²) >= 11 is 0. The van der Waals surface area contributed by atoms with E-state index >= 15 is 0 Å². The maximum atomic E-state index is 13.5. The van der Waals surface area contributed by atoms with Crippen molar-refractivity contribution in [2.24, 2.45) is 0 Å². The molecular weight excluding hydrogens is 249 g/mol. The van der Waals surface area contributed by atoms with Crippen LogP contribution in [0.1, 0.15) is 18.7 Å². The van der Waals surface area contributed by atoms with Gasteiger partial charge in [0.2, 0.25) is 5.91 Å². The normalized spacial score (nSPS) is 20.8. The Morgan fingerprint density at radius 2 is 2.21 bits per heavy atom. The number of rotatable bonds is 0. The number of fused-ring (bicyclic) bond motifs is 5. The number of hydrogen-bond acceptors (Lipinski definition) is 4. The monoisotopic (exact) mass is 259 g/mol. The summed E-state index contributed by atoms with van der Waals surface area (Å²) in [4.78, 5) is 13.8. The van der Waals surface area contributed by atoms with Gasteiger partial charge in [-0.15, -0.1) is 5.10 Å². The molecule has 1 atom stereocenters. The molecule has 0 saturated carbocycles. The first kappa shape index (κ1) is 10.6. The van der Waals surface area contributed by atoms with E-state index in [-0.39, 0.29) is 17.8 Å². The second kappa shape index (κ2) is 3.59. The minimum absolute atomic E-state index is 0.0592. The number of aromatic nitrogens is 4. The van der Waals surface area contributed by atoms with E-state index in [1.165, 1.54) is 16.8 Å². The van der Waals surface area contributed by atoms with E-state index in [0.717, 1.165) is 6.42 Å². The van der Waals surface area contributed by atoms with Gasteiger partial charge in [-0.3, -0.25) is 4.79 Å². The zero-order valence-electron chi connectivity index (χ0n) is 9.95. The minimum Gasteiger partial charge on any atom is -0.307 e. The molecule has 0 radical (unpaired) electrons. The summed E-state index contributed by atoms with van der Waals surface area (Å²) in [5.41, 5.74) is 1.21. The van der Waals surface area contributed by atoms with Crippen LogP contribution in [0.5, 0.6) is 0 Å². The molecule has 2 aromatic rings. The quantitative estimate of drug-likeness (QED) is 0.703. The molecule has 0 spiro atoms. The number of tetrazole rings is 1. The first-order valence-corrected chi connectivity index (χ1v) is 6.13. The van der Waals surface area contributed by atoms with Gasteiger partial charge < -0.3 is 4.90 Å². The lowest BCUT2D eigenvalue weighted by Crippen LogP contribution is -2.33. The van der Waals surface area contributed by atoms with Crippen LogP contribution in [0.2, 0.25) is 0 Å². The fourth-order valence-corrected chi connectivity index (χ4v) is 2.87. The molecule has 0 aliphatic carbocycles. The maximum Gasteiger partial charge on any atom is 0.227 e. The average Bonchev–Trinajstić information content (AvgIpc) is 2.96. The van der Waals surface area contributed by atoms with Gasteiger partial charge in [-0.1, -0.05) is 0 Å². The van der Waals surface area contributed by atoms with Gasteiger partial charge in [-0.2, -0.15) is 4.68 Å². The summed E-state index contributed by atoms with van der Waals surface area (Å²) in [7, 11) is 0. The second-order valence-corrected chi connectivity index (χ2v) is 4.80. The van der Waals surface area contributed by atoms with Crippen LogP contribution in [0, 0.1) is 5.82 Å². The Labute approximate surface area is 107 Å². The molecule has 2 aliphatic rings. The van der Waals surface area contributed by atoms with Crippen LogP contribution in [0.3, 0.4) is 0 Å². The van der Waals surface area contributed by atoms with Crippen molar-refractivity contribution < 1.29 is 9.18 Å². The molecule has 0 bridgehead atoms. The number of anilines is 1. The van der Waals surface area contributed by atoms with Crippen molar-refractivity contribution in [2.45, 2.75) is 25.3 Å². The molecule has 0 unspecified atom stereocenters. The van der Waals surface area contributed by atoms with Gasteiger partial charge in [0.25, 0.3) is 0 Å². The highest BCUT2D eigenvalue weighted by Crippen LogP contribution is 2.36. The molecule has 1 aromatic heterocycles. The topological polar surface area (TPSA) is 63.9 Å².